The molecule has 0 spiro atoms. The molecule has 0 amide bonds. The number of hydrogen-bond donors (Lipinski definition) is 0. The SMILES string of the molecule is CC1(C)c2ccccc2-c2cc(N3c4cc5c(cc4B4c6c3cc3oc7ccccc7c3c6-c3cccc6c7cc8ccccc8cc7n4c36)C(C)(C)c3ccccc3-5)ccc21. The molecule has 0 N–H and O–H groups in total. The fraction of sp³-hybridized carbons (Fsp3) is 0.103. The third kappa shape index (κ3) is 3.83. The van der Waals surface area contributed by atoms with Crippen molar-refractivity contribution in [2.24, 2.45) is 0 Å². The summed E-state index contributed by atoms with van der Waals surface area (Å²) in [6, 6.07) is 62.1. The second-order valence-corrected chi connectivity index (χ2v) is 19.2. The summed E-state index contributed by atoms with van der Waals surface area (Å²) in [5.74, 6) is 0. The molecule has 4 aliphatic rings. The van der Waals surface area contributed by atoms with Crippen molar-refractivity contribution in [2.75, 3.05) is 4.90 Å². The van der Waals surface area contributed by atoms with Crippen LogP contribution < -0.4 is 15.8 Å². The number of rotatable bonds is 1. The van der Waals surface area contributed by atoms with Crippen LogP contribution >= 0.6 is 0 Å². The Morgan fingerprint density at radius 1 is 0.468 bits per heavy atom. The monoisotopic (exact) mass is 790 g/mol. The lowest BCUT2D eigenvalue weighted by atomic mass is 9.44. The van der Waals surface area contributed by atoms with Gasteiger partial charge in [-0.2, -0.15) is 0 Å². The summed E-state index contributed by atoms with van der Waals surface area (Å²) in [6.45, 7) is 9.47. The number of benzene rings is 9. The molecular weight excluding hydrogens is 751 g/mol. The predicted octanol–water partition coefficient (Wildman–Crippen LogP) is 13.9. The molecule has 2 aromatic heterocycles. The topological polar surface area (TPSA) is 21.3 Å². The first kappa shape index (κ1) is 33.4. The van der Waals surface area contributed by atoms with Crippen molar-refractivity contribution in [1.29, 1.82) is 0 Å². The van der Waals surface area contributed by atoms with Gasteiger partial charge < -0.3 is 13.8 Å². The number of aromatic nitrogens is 1. The van der Waals surface area contributed by atoms with Crippen LogP contribution in [0.3, 0.4) is 0 Å². The van der Waals surface area contributed by atoms with Gasteiger partial charge in [-0.05, 0) is 108 Å². The maximum absolute atomic E-state index is 6.95. The van der Waals surface area contributed by atoms with Gasteiger partial charge >= 0.3 is 6.85 Å². The van der Waals surface area contributed by atoms with E-state index in [-0.39, 0.29) is 17.7 Å². The molecule has 0 bridgehead atoms. The number of para-hydroxylation sites is 2. The van der Waals surface area contributed by atoms with Gasteiger partial charge in [0.15, 0.2) is 0 Å². The summed E-state index contributed by atoms with van der Waals surface area (Å²) in [7, 11) is 0. The molecule has 4 heteroatoms. The Kier molecular flexibility index (Phi) is 5.91. The molecule has 3 nitrogen and oxygen atoms in total. The van der Waals surface area contributed by atoms with Crippen molar-refractivity contribution in [2.45, 2.75) is 38.5 Å². The second kappa shape index (κ2) is 11.0. The number of anilines is 3. The lowest BCUT2D eigenvalue weighted by Gasteiger charge is -2.41. The molecule has 0 saturated heterocycles. The van der Waals surface area contributed by atoms with E-state index in [1.165, 1.54) is 116 Å². The molecule has 2 aliphatic carbocycles. The zero-order valence-corrected chi connectivity index (χ0v) is 35.0. The Labute approximate surface area is 359 Å². The highest BCUT2D eigenvalue weighted by atomic mass is 16.3. The van der Waals surface area contributed by atoms with E-state index in [4.69, 9.17) is 4.42 Å². The fourth-order valence-corrected chi connectivity index (χ4v) is 12.7. The first-order valence-electron chi connectivity index (χ1n) is 22.0. The quantitative estimate of drug-likeness (QED) is 0.154. The van der Waals surface area contributed by atoms with Gasteiger partial charge in [0, 0.05) is 72.1 Å². The lowest BCUT2D eigenvalue weighted by molar-refractivity contribution is 0.660. The Bertz CT molecular complexity index is 3900. The molecule has 2 aliphatic heterocycles. The average molecular weight is 791 g/mol. The molecule has 0 fully saturated rings. The van der Waals surface area contributed by atoms with Gasteiger partial charge in [-0.15, -0.1) is 0 Å². The highest BCUT2D eigenvalue weighted by Crippen LogP contribution is 2.55. The second-order valence-electron chi connectivity index (χ2n) is 19.2. The zero-order valence-electron chi connectivity index (χ0n) is 35.0. The minimum Gasteiger partial charge on any atom is -0.456 e. The van der Waals surface area contributed by atoms with Gasteiger partial charge in [0.25, 0.3) is 0 Å². The van der Waals surface area contributed by atoms with E-state index >= 15 is 0 Å². The molecule has 9 aromatic carbocycles. The van der Waals surface area contributed by atoms with E-state index < -0.39 is 0 Å². The highest BCUT2D eigenvalue weighted by molar-refractivity contribution is 6.90. The molecule has 0 unspecified atom stereocenters. The Morgan fingerprint density at radius 3 is 1.92 bits per heavy atom. The van der Waals surface area contributed by atoms with E-state index in [2.05, 4.69) is 201 Å². The number of nitrogens with zero attached hydrogens (tertiary/aromatic N) is 2. The predicted molar refractivity (Wildman–Crippen MR) is 260 cm³/mol. The van der Waals surface area contributed by atoms with E-state index in [0.29, 0.717) is 0 Å². The maximum Gasteiger partial charge on any atom is 0.333 e. The smallest absolute Gasteiger partial charge is 0.333 e. The van der Waals surface area contributed by atoms with Crippen LogP contribution in [0, 0.1) is 0 Å². The standard InChI is InChI=1S/C58H39BN2O/c1-57(2)43-21-10-7-16-35(43)40-28-34(24-25-45(40)57)60-49-29-41-36-17-8-11-22-44(36)58(3,4)46(41)30-47(49)59-55-50(60)31-52-53(38-18-9-12-23-51(38)62-52)54(55)39-20-13-19-37-42-26-32-14-5-6-15-33(32)27-48(42)61(59)56(37)39/h5-31H,1-4H3. The minimum atomic E-state index is -0.167. The number of hydrogen-bond acceptors (Lipinski definition) is 2. The van der Waals surface area contributed by atoms with E-state index in [9.17, 15) is 0 Å². The average Bonchev–Trinajstić information content (AvgIpc) is 3.97. The number of fused-ring (bicyclic) bond motifs is 18. The van der Waals surface area contributed by atoms with Crippen LogP contribution in [-0.4, -0.2) is 11.3 Å². The molecule has 15 rings (SSSR count). The van der Waals surface area contributed by atoms with Gasteiger partial charge in [0.2, 0.25) is 0 Å². The minimum absolute atomic E-state index is 0.0907. The summed E-state index contributed by atoms with van der Waals surface area (Å²) >= 11 is 0. The Balaban J connectivity index is 1.14. The molecule has 290 valence electrons. The van der Waals surface area contributed by atoms with Crippen molar-refractivity contribution in [3.05, 3.63) is 186 Å². The van der Waals surface area contributed by atoms with Crippen molar-refractivity contribution < 1.29 is 4.42 Å². The van der Waals surface area contributed by atoms with Crippen LogP contribution in [0.15, 0.2) is 168 Å². The van der Waals surface area contributed by atoms with E-state index in [0.717, 1.165) is 22.2 Å². The zero-order chi connectivity index (χ0) is 41.0. The van der Waals surface area contributed by atoms with Crippen molar-refractivity contribution >= 4 is 89.4 Å². The fourth-order valence-electron chi connectivity index (χ4n) is 12.7. The van der Waals surface area contributed by atoms with Crippen LogP contribution in [0.5, 0.6) is 0 Å². The summed E-state index contributed by atoms with van der Waals surface area (Å²) in [6.07, 6.45) is 0. The van der Waals surface area contributed by atoms with Crippen molar-refractivity contribution in [1.82, 2.24) is 4.48 Å². The first-order valence-corrected chi connectivity index (χ1v) is 22.0. The van der Waals surface area contributed by atoms with E-state index in [1.54, 1.807) is 0 Å². The van der Waals surface area contributed by atoms with Crippen LogP contribution in [0.4, 0.5) is 17.1 Å². The Morgan fingerprint density at radius 2 is 1.11 bits per heavy atom. The molecule has 0 saturated carbocycles. The van der Waals surface area contributed by atoms with Crippen LogP contribution in [0.2, 0.25) is 0 Å². The van der Waals surface area contributed by atoms with Crippen LogP contribution in [-0.2, 0) is 10.8 Å². The van der Waals surface area contributed by atoms with Gasteiger partial charge in [0.1, 0.15) is 11.2 Å². The third-order valence-corrected chi connectivity index (χ3v) is 15.5. The van der Waals surface area contributed by atoms with Gasteiger partial charge in [-0.25, -0.2) is 0 Å². The van der Waals surface area contributed by atoms with Crippen LogP contribution in [0.25, 0.3) is 87.9 Å². The lowest BCUT2D eigenvalue weighted by Crippen LogP contribution is -2.57. The van der Waals surface area contributed by atoms with Crippen molar-refractivity contribution in [3.63, 3.8) is 0 Å². The number of furan rings is 1. The van der Waals surface area contributed by atoms with Gasteiger partial charge in [-0.3, -0.25) is 0 Å². The summed E-state index contributed by atoms with van der Waals surface area (Å²) in [5.41, 5.74) is 23.7. The summed E-state index contributed by atoms with van der Waals surface area (Å²) < 4.78 is 9.66. The molecular formula is C58H39BN2O. The highest BCUT2D eigenvalue weighted by Gasteiger charge is 2.47. The summed E-state index contributed by atoms with van der Waals surface area (Å²) in [5, 5.41) is 7.46. The normalized spacial score (nSPS) is 15.6. The maximum atomic E-state index is 6.95. The van der Waals surface area contributed by atoms with E-state index in [1.807, 2.05) is 0 Å². The molecule has 62 heavy (non-hydrogen) atoms. The van der Waals surface area contributed by atoms with Gasteiger partial charge in [-0.1, -0.05) is 149 Å². The third-order valence-electron chi connectivity index (χ3n) is 15.5. The largest absolute Gasteiger partial charge is 0.456 e. The molecule has 11 aromatic rings. The first-order chi connectivity index (χ1) is 30.3. The van der Waals surface area contributed by atoms with Gasteiger partial charge in [0.05, 0.1) is 0 Å². The summed E-state index contributed by atoms with van der Waals surface area (Å²) in [4.78, 5) is 2.59. The van der Waals surface area contributed by atoms with Crippen LogP contribution in [0.1, 0.15) is 49.9 Å². The Hall–Kier alpha value is -7.30. The molecule has 0 atom stereocenters. The molecule has 0 radical (unpaired) electrons. The molecule has 4 heterocycles. The van der Waals surface area contributed by atoms with Crippen molar-refractivity contribution in [3.8, 4) is 33.4 Å².